The third-order valence-corrected chi connectivity index (χ3v) is 3.56. The Hall–Kier alpha value is -1.02. The minimum Gasteiger partial charge on any atom is -0.384 e. The van der Waals surface area contributed by atoms with Crippen LogP contribution >= 0.6 is 0 Å². The Balaban J connectivity index is 1.97. The van der Waals surface area contributed by atoms with Crippen LogP contribution in [0.5, 0.6) is 0 Å². The van der Waals surface area contributed by atoms with Crippen LogP contribution in [0.3, 0.4) is 0 Å². The molecular weight excluding hydrogens is 196 g/mol. The van der Waals surface area contributed by atoms with Crippen LogP contribution in [0, 0.1) is 19.3 Å². The SMILES string of the molecule is CNCC1(CNc2cc(C)ccc2C)CC1. The normalized spacial score (nSPS) is 17.2. The molecule has 0 aromatic heterocycles. The van der Waals surface area contributed by atoms with Gasteiger partial charge in [0.2, 0.25) is 0 Å². The zero-order chi connectivity index (χ0) is 11.6. The molecule has 0 spiro atoms. The largest absolute Gasteiger partial charge is 0.384 e. The minimum absolute atomic E-state index is 0.519. The van der Waals surface area contributed by atoms with Gasteiger partial charge in [-0.1, -0.05) is 12.1 Å². The molecule has 88 valence electrons. The molecule has 16 heavy (non-hydrogen) atoms. The summed E-state index contributed by atoms with van der Waals surface area (Å²) in [6.07, 6.45) is 2.71. The molecule has 2 heteroatoms. The van der Waals surface area contributed by atoms with Gasteiger partial charge in [-0.3, -0.25) is 0 Å². The molecule has 1 aliphatic carbocycles. The molecule has 2 nitrogen and oxygen atoms in total. The Morgan fingerprint density at radius 3 is 2.56 bits per heavy atom. The van der Waals surface area contributed by atoms with E-state index in [9.17, 15) is 0 Å². The molecule has 1 fully saturated rings. The quantitative estimate of drug-likeness (QED) is 0.794. The van der Waals surface area contributed by atoms with E-state index in [1.807, 2.05) is 7.05 Å². The molecular formula is C14H22N2. The highest BCUT2D eigenvalue weighted by Crippen LogP contribution is 2.45. The van der Waals surface area contributed by atoms with Crippen molar-refractivity contribution in [1.82, 2.24) is 5.32 Å². The average Bonchev–Trinajstić information content (AvgIpc) is 3.01. The van der Waals surface area contributed by atoms with Crippen LogP contribution in [-0.4, -0.2) is 20.1 Å². The molecule has 0 bridgehead atoms. The van der Waals surface area contributed by atoms with Crippen molar-refractivity contribution in [3.63, 3.8) is 0 Å². The lowest BCUT2D eigenvalue weighted by atomic mass is 10.1. The predicted molar refractivity (Wildman–Crippen MR) is 70.0 cm³/mol. The summed E-state index contributed by atoms with van der Waals surface area (Å²) in [6, 6.07) is 6.60. The number of benzene rings is 1. The third kappa shape index (κ3) is 2.56. The molecule has 0 saturated heterocycles. The molecule has 1 saturated carbocycles. The zero-order valence-corrected chi connectivity index (χ0v) is 10.6. The second kappa shape index (κ2) is 4.46. The van der Waals surface area contributed by atoms with Crippen LogP contribution in [0.15, 0.2) is 18.2 Å². The zero-order valence-electron chi connectivity index (χ0n) is 10.6. The molecule has 0 heterocycles. The van der Waals surface area contributed by atoms with E-state index >= 15 is 0 Å². The van der Waals surface area contributed by atoms with Crippen molar-refractivity contribution in [3.8, 4) is 0 Å². The molecule has 0 unspecified atom stereocenters. The monoisotopic (exact) mass is 218 g/mol. The van der Waals surface area contributed by atoms with Crippen LogP contribution < -0.4 is 10.6 Å². The number of anilines is 1. The van der Waals surface area contributed by atoms with Crippen LogP contribution in [0.2, 0.25) is 0 Å². The summed E-state index contributed by atoms with van der Waals surface area (Å²) in [6.45, 7) is 6.54. The molecule has 2 N–H and O–H groups in total. The number of aryl methyl sites for hydroxylation is 2. The van der Waals surface area contributed by atoms with Gasteiger partial charge in [-0.2, -0.15) is 0 Å². The third-order valence-electron chi connectivity index (χ3n) is 3.56. The standard InChI is InChI=1S/C14H22N2/c1-11-4-5-12(2)13(8-11)16-10-14(6-7-14)9-15-3/h4-5,8,15-16H,6-7,9-10H2,1-3H3. The fourth-order valence-electron chi connectivity index (χ4n) is 2.18. The highest BCUT2D eigenvalue weighted by Gasteiger charge is 2.41. The minimum atomic E-state index is 0.519. The predicted octanol–water partition coefficient (Wildman–Crippen LogP) is 2.71. The molecule has 1 aromatic carbocycles. The van der Waals surface area contributed by atoms with Crippen molar-refractivity contribution in [1.29, 1.82) is 0 Å². The first-order chi connectivity index (χ1) is 7.65. The van der Waals surface area contributed by atoms with Gasteiger partial charge in [0.15, 0.2) is 0 Å². The number of hydrogen-bond donors (Lipinski definition) is 2. The molecule has 1 aliphatic rings. The molecule has 0 atom stereocenters. The highest BCUT2D eigenvalue weighted by atomic mass is 14.9. The Kier molecular flexibility index (Phi) is 3.20. The maximum Gasteiger partial charge on any atom is 0.0372 e. The van der Waals surface area contributed by atoms with Crippen LogP contribution in [0.4, 0.5) is 5.69 Å². The van der Waals surface area contributed by atoms with E-state index in [-0.39, 0.29) is 0 Å². The smallest absolute Gasteiger partial charge is 0.0372 e. The van der Waals surface area contributed by atoms with Crippen LogP contribution in [0.25, 0.3) is 0 Å². The summed E-state index contributed by atoms with van der Waals surface area (Å²) in [4.78, 5) is 0. The van der Waals surface area contributed by atoms with Gasteiger partial charge in [-0.15, -0.1) is 0 Å². The van der Waals surface area contributed by atoms with Crippen molar-refractivity contribution in [2.75, 3.05) is 25.5 Å². The van der Waals surface area contributed by atoms with E-state index in [1.54, 1.807) is 0 Å². The lowest BCUT2D eigenvalue weighted by molar-refractivity contribution is 0.507. The van der Waals surface area contributed by atoms with Crippen molar-refractivity contribution in [2.24, 2.45) is 5.41 Å². The summed E-state index contributed by atoms with van der Waals surface area (Å²) < 4.78 is 0. The van der Waals surface area contributed by atoms with E-state index in [4.69, 9.17) is 0 Å². The first-order valence-corrected chi connectivity index (χ1v) is 6.11. The van der Waals surface area contributed by atoms with E-state index < -0.39 is 0 Å². The van der Waals surface area contributed by atoms with Gasteiger partial charge in [0, 0.05) is 24.2 Å². The van der Waals surface area contributed by atoms with Gasteiger partial charge < -0.3 is 10.6 Å². The van der Waals surface area contributed by atoms with E-state index in [0.717, 1.165) is 13.1 Å². The summed E-state index contributed by atoms with van der Waals surface area (Å²) >= 11 is 0. The topological polar surface area (TPSA) is 24.1 Å². The van der Waals surface area contributed by atoms with Gasteiger partial charge in [-0.05, 0) is 50.9 Å². The maximum atomic E-state index is 3.60. The molecule has 1 aromatic rings. The Bertz CT molecular complexity index is 367. The van der Waals surface area contributed by atoms with Crippen molar-refractivity contribution >= 4 is 5.69 Å². The maximum absolute atomic E-state index is 3.60. The fourth-order valence-corrected chi connectivity index (χ4v) is 2.18. The molecule has 2 rings (SSSR count). The van der Waals surface area contributed by atoms with Gasteiger partial charge in [-0.25, -0.2) is 0 Å². The molecule has 0 amide bonds. The lowest BCUT2D eigenvalue weighted by Crippen LogP contribution is -2.27. The second-order valence-corrected chi connectivity index (χ2v) is 5.20. The fraction of sp³-hybridized carbons (Fsp3) is 0.571. The summed E-state index contributed by atoms with van der Waals surface area (Å²) in [5.41, 5.74) is 4.48. The van der Waals surface area contributed by atoms with Crippen molar-refractivity contribution in [3.05, 3.63) is 29.3 Å². The van der Waals surface area contributed by atoms with Crippen molar-refractivity contribution in [2.45, 2.75) is 26.7 Å². The van der Waals surface area contributed by atoms with Gasteiger partial charge in [0.1, 0.15) is 0 Å². The highest BCUT2D eigenvalue weighted by molar-refractivity contribution is 5.52. The number of nitrogens with one attached hydrogen (secondary N) is 2. The molecule has 0 radical (unpaired) electrons. The summed E-state index contributed by atoms with van der Waals surface area (Å²) in [5, 5.41) is 6.89. The summed E-state index contributed by atoms with van der Waals surface area (Å²) in [5.74, 6) is 0. The Morgan fingerprint density at radius 2 is 1.94 bits per heavy atom. The van der Waals surface area contributed by atoms with Gasteiger partial charge in [0.25, 0.3) is 0 Å². The first-order valence-electron chi connectivity index (χ1n) is 6.11. The first kappa shape index (κ1) is 11.5. The average molecular weight is 218 g/mol. The van der Waals surface area contributed by atoms with Gasteiger partial charge in [0.05, 0.1) is 0 Å². The second-order valence-electron chi connectivity index (χ2n) is 5.20. The van der Waals surface area contributed by atoms with E-state index in [2.05, 4.69) is 42.7 Å². The number of hydrogen-bond acceptors (Lipinski definition) is 2. The van der Waals surface area contributed by atoms with E-state index in [0.29, 0.717) is 5.41 Å². The Morgan fingerprint density at radius 1 is 1.19 bits per heavy atom. The lowest BCUT2D eigenvalue weighted by Gasteiger charge is -2.17. The van der Waals surface area contributed by atoms with Crippen LogP contribution in [-0.2, 0) is 0 Å². The van der Waals surface area contributed by atoms with Crippen LogP contribution in [0.1, 0.15) is 24.0 Å². The van der Waals surface area contributed by atoms with Crippen molar-refractivity contribution < 1.29 is 0 Å². The Labute approximate surface area is 98.4 Å². The van der Waals surface area contributed by atoms with Gasteiger partial charge >= 0.3 is 0 Å². The number of rotatable bonds is 5. The van der Waals surface area contributed by atoms with E-state index in [1.165, 1.54) is 29.7 Å². The summed E-state index contributed by atoms with van der Waals surface area (Å²) in [7, 11) is 2.04. The molecule has 0 aliphatic heterocycles.